The van der Waals surface area contributed by atoms with Crippen LogP contribution >= 0.6 is 0 Å². The van der Waals surface area contributed by atoms with Gasteiger partial charge in [0.1, 0.15) is 0 Å². The molecule has 0 spiro atoms. The molecule has 0 aliphatic carbocycles. The largest absolute Gasteiger partial charge is 0.481 e. The number of aliphatic carboxylic acids is 1. The molecule has 1 amide bonds. The molecule has 1 fully saturated rings. The van der Waals surface area contributed by atoms with Gasteiger partial charge in [0.15, 0.2) is 0 Å². The molecule has 0 saturated carbocycles. The molecule has 1 aliphatic rings. The predicted molar refractivity (Wildman–Crippen MR) is 69.2 cm³/mol. The maximum atomic E-state index is 12.1. The molecule has 0 radical (unpaired) electrons. The smallest absolute Gasteiger partial charge is 0.311 e. The van der Waals surface area contributed by atoms with Crippen molar-refractivity contribution < 1.29 is 14.7 Å². The van der Waals surface area contributed by atoms with Crippen molar-refractivity contribution in [3.05, 3.63) is 0 Å². The number of carbonyl (C=O) groups is 2. The summed E-state index contributed by atoms with van der Waals surface area (Å²) in [6.45, 7) is 8.46. The second kappa shape index (κ2) is 4.88. The summed E-state index contributed by atoms with van der Waals surface area (Å²) in [6, 6.07) is 0. The van der Waals surface area contributed by atoms with E-state index < -0.39 is 16.9 Å². The van der Waals surface area contributed by atoms with E-state index >= 15 is 0 Å². The molecule has 1 rings (SSSR count). The molecule has 5 nitrogen and oxygen atoms in total. The molecule has 1 atom stereocenters. The third-order valence-electron chi connectivity index (χ3n) is 4.29. The van der Waals surface area contributed by atoms with Crippen LogP contribution in [0.3, 0.4) is 0 Å². The fourth-order valence-corrected chi connectivity index (χ4v) is 1.98. The minimum absolute atomic E-state index is 0.0288. The van der Waals surface area contributed by atoms with Gasteiger partial charge in [0.2, 0.25) is 5.91 Å². The molecule has 0 aromatic heterocycles. The van der Waals surface area contributed by atoms with Crippen molar-refractivity contribution in [1.82, 2.24) is 10.2 Å². The summed E-state index contributed by atoms with van der Waals surface area (Å²) in [4.78, 5) is 25.5. The van der Waals surface area contributed by atoms with Crippen LogP contribution in [0.25, 0.3) is 0 Å². The Balaban J connectivity index is 2.71. The fraction of sp³-hybridized carbons (Fsp3) is 0.846. The van der Waals surface area contributed by atoms with Crippen molar-refractivity contribution >= 4 is 11.9 Å². The van der Waals surface area contributed by atoms with Crippen molar-refractivity contribution in [2.75, 3.05) is 20.1 Å². The van der Waals surface area contributed by atoms with Crippen molar-refractivity contribution in [3.63, 3.8) is 0 Å². The van der Waals surface area contributed by atoms with E-state index in [0.717, 1.165) is 19.5 Å². The SMILES string of the molecule is CN1CCC(C(=O)NC(C)(C)C(C)(C)C(=O)O)C1. The number of nitrogens with zero attached hydrogens (tertiary/aromatic N) is 1. The Morgan fingerprint density at radius 2 is 1.83 bits per heavy atom. The van der Waals surface area contributed by atoms with Gasteiger partial charge in [-0.2, -0.15) is 0 Å². The van der Waals surface area contributed by atoms with Crippen molar-refractivity contribution in [2.24, 2.45) is 11.3 Å². The zero-order valence-electron chi connectivity index (χ0n) is 11.9. The summed E-state index contributed by atoms with van der Waals surface area (Å²) in [5, 5.41) is 12.1. The molecule has 2 N–H and O–H groups in total. The second-order valence-electron chi connectivity index (χ2n) is 6.29. The van der Waals surface area contributed by atoms with Crippen LogP contribution in [0.4, 0.5) is 0 Å². The Kier molecular flexibility index (Phi) is 4.05. The van der Waals surface area contributed by atoms with Crippen LogP contribution in [-0.4, -0.2) is 47.6 Å². The topological polar surface area (TPSA) is 69.6 Å². The Labute approximate surface area is 109 Å². The fourth-order valence-electron chi connectivity index (χ4n) is 1.98. The molecule has 1 aliphatic heterocycles. The highest BCUT2D eigenvalue weighted by Crippen LogP contribution is 2.31. The Hall–Kier alpha value is -1.10. The minimum atomic E-state index is -1.01. The zero-order valence-corrected chi connectivity index (χ0v) is 11.9. The number of nitrogens with one attached hydrogen (secondary N) is 1. The summed E-state index contributed by atoms with van der Waals surface area (Å²) in [5.74, 6) is -0.978. The Morgan fingerprint density at radius 3 is 2.22 bits per heavy atom. The lowest BCUT2D eigenvalue weighted by Crippen LogP contribution is -2.58. The third kappa shape index (κ3) is 2.83. The van der Waals surface area contributed by atoms with Gasteiger partial charge in [0.05, 0.1) is 11.3 Å². The van der Waals surface area contributed by atoms with Crippen LogP contribution in [0.15, 0.2) is 0 Å². The molecule has 1 saturated heterocycles. The van der Waals surface area contributed by atoms with Crippen LogP contribution in [0.5, 0.6) is 0 Å². The van der Waals surface area contributed by atoms with E-state index in [-0.39, 0.29) is 11.8 Å². The quantitative estimate of drug-likeness (QED) is 0.785. The molecule has 0 bridgehead atoms. The van der Waals surface area contributed by atoms with Crippen LogP contribution in [0, 0.1) is 11.3 Å². The Bertz CT molecular complexity index is 350. The lowest BCUT2D eigenvalue weighted by atomic mass is 9.74. The van der Waals surface area contributed by atoms with Gasteiger partial charge in [0, 0.05) is 12.1 Å². The maximum absolute atomic E-state index is 12.1. The molecule has 104 valence electrons. The average Bonchev–Trinajstić information content (AvgIpc) is 2.63. The monoisotopic (exact) mass is 256 g/mol. The third-order valence-corrected chi connectivity index (χ3v) is 4.29. The first-order valence-electron chi connectivity index (χ1n) is 6.32. The molecule has 18 heavy (non-hydrogen) atoms. The first-order valence-corrected chi connectivity index (χ1v) is 6.32. The lowest BCUT2D eigenvalue weighted by Gasteiger charge is -2.39. The maximum Gasteiger partial charge on any atom is 0.311 e. The van der Waals surface area contributed by atoms with E-state index in [1.54, 1.807) is 27.7 Å². The van der Waals surface area contributed by atoms with E-state index in [2.05, 4.69) is 10.2 Å². The van der Waals surface area contributed by atoms with E-state index in [1.165, 1.54) is 0 Å². The minimum Gasteiger partial charge on any atom is -0.481 e. The number of likely N-dealkylation sites (tertiary alicyclic amines) is 1. The van der Waals surface area contributed by atoms with Crippen LogP contribution in [0.1, 0.15) is 34.1 Å². The average molecular weight is 256 g/mol. The number of carboxylic acid groups (broad SMARTS) is 1. The molecule has 1 heterocycles. The summed E-state index contributed by atoms with van der Waals surface area (Å²) in [6.07, 6.45) is 0.839. The van der Waals surface area contributed by atoms with Gasteiger partial charge in [-0.1, -0.05) is 0 Å². The number of rotatable bonds is 4. The van der Waals surface area contributed by atoms with Crippen molar-refractivity contribution in [1.29, 1.82) is 0 Å². The summed E-state index contributed by atoms with van der Waals surface area (Å²) in [5.41, 5.74) is -1.79. The first-order chi connectivity index (χ1) is 8.08. The highest BCUT2D eigenvalue weighted by atomic mass is 16.4. The number of carboxylic acids is 1. The molecule has 1 unspecified atom stereocenters. The van der Waals surface area contributed by atoms with Crippen LogP contribution < -0.4 is 5.32 Å². The van der Waals surface area contributed by atoms with Gasteiger partial charge in [0.25, 0.3) is 0 Å². The second-order valence-corrected chi connectivity index (χ2v) is 6.29. The van der Waals surface area contributed by atoms with Gasteiger partial charge in [-0.05, 0) is 47.7 Å². The van der Waals surface area contributed by atoms with Crippen LogP contribution in [0.2, 0.25) is 0 Å². The first kappa shape index (κ1) is 15.0. The summed E-state index contributed by atoms with van der Waals surface area (Å²) < 4.78 is 0. The highest BCUT2D eigenvalue weighted by Gasteiger charge is 2.45. The van der Waals surface area contributed by atoms with Gasteiger partial charge < -0.3 is 15.3 Å². The number of hydrogen-bond acceptors (Lipinski definition) is 3. The predicted octanol–water partition coefficient (Wildman–Crippen LogP) is 0.944. The van der Waals surface area contributed by atoms with Crippen molar-refractivity contribution in [3.8, 4) is 0 Å². The van der Waals surface area contributed by atoms with Gasteiger partial charge >= 0.3 is 5.97 Å². The van der Waals surface area contributed by atoms with Gasteiger partial charge in [-0.15, -0.1) is 0 Å². The Morgan fingerprint density at radius 1 is 1.28 bits per heavy atom. The number of carbonyl (C=O) groups excluding carboxylic acids is 1. The molecule has 0 aromatic rings. The zero-order chi connectivity index (χ0) is 14.1. The normalized spacial score (nSPS) is 21.9. The van der Waals surface area contributed by atoms with E-state index in [4.69, 9.17) is 0 Å². The standard InChI is InChI=1S/C13H24N2O3/c1-12(2,11(17)18)13(3,4)14-10(16)9-6-7-15(5)8-9/h9H,6-8H2,1-5H3,(H,14,16)(H,17,18). The molecule has 5 heteroatoms. The molecular weight excluding hydrogens is 232 g/mol. The van der Waals surface area contributed by atoms with E-state index in [0.29, 0.717) is 0 Å². The number of hydrogen-bond donors (Lipinski definition) is 2. The summed E-state index contributed by atoms with van der Waals surface area (Å²) >= 11 is 0. The van der Waals surface area contributed by atoms with Gasteiger partial charge in [-0.25, -0.2) is 0 Å². The molecule has 0 aromatic carbocycles. The van der Waals surface area contributed by atoms with E-state index in [9.17, 15) is 14.7 Å². The van der Waals surface area contributed by atoms with Crippen LogP contribution in [-0.2, 0) is 9.59 Å². The lowest BCUT2D eigenvalue weighted by molar-refractivity contribution is -0.152. The highest BCUT2D eigenvalue weighted by molar-refractivity contribution is 5.82. The summed E-state index contributed by atoms with van der Waals surface area (Å²) in [7, 11) is 1.99. The van der Waals surface area contributed by atoms with Crippen molar-refractivity contribution in [2.45, 2.75) is 39.7 Å². The van der Waals surface area contributed by atoms with Gasteiger partial charge in [-0.3, -0.25) is 9.59 Å². The van der Waals surface area contributed by atoms with E-state index in [1.807, 2.05) is 7.05 Å². The molecular formula is C13H24N2O3. The number of amides is 1.